The van der Waals surface area contributed by atoms with E-state index in [1.54, 1.807) is 0 Å². The van der Waals surface area contributed by atoms with E-state index in [0.29, 0.717) is 5.41 Å². The van der Waals surface area contributed by atoms with Gasteiger partial charge in [-0.3, -0.25) is 0 Å². The fraction of sp³-hybridized carbons (Fsp3) is 0.714. The van der Waals surface area contributed by atoms with Crippen LogP contribution in [0.1, 0.15) is 27.2 Å². The second-order valence-electron chi connectivity index (χ2n) is 2.99. The Hall–Kier alpha value is -0.260. The van der Waals surface area contributed by atoms with Crippen molar-refractivity contribution >= 4 is 0 Å². The van der Waals surface area contributed by atoms with Crippen LogP contribution < -0.4 is 0 Å². The Balaban J connectivity index is 3.34. The average Bonchev–Trinajstić information content (AvgIpc) is 1.30. The molecule has 0 N–H and O–H groups in total. The molecule has 0 aliphatic heterocycles. The maximum atomic E-state index is 3.52. The lowest BCUT2D eigenvalue weighted by atomic mass is 9.93. The van der Waals surface area contributed by atoms with E-state index >= 15 is 0 Å². The van der Waals surface area contributed by atoms with E-state index in [9.17, 15) is 0 Å². The third kappa shape index (κ3) is 5.74. The fourth-order valence-corrected chi connectivity index (χ4v) is 0.375. The maximum absolute atomic E-state index is 3.52. The summed E-state index contributed by atoms with van der Waals surface area (Å²) in [4.78, 5) is 0. The summed E-state index contributed by atoms with van der Waals surface area (Å²) in [5.41, 5.74) is 0.377. The number of allylic oxidation sites excluding steroid dienone is 1. The predicted octanol–water partition coefficient (Wildman–Crippen LogP) is 2.41. The van der Waals surface area contributed by atoms with Crippen LogP contribution in [0.25, 0.3) is 0 Å². The molecule has 0 aromatic rings. The van der Waals surface area contributed by atoms with E-state index in [-0.39, 0.29) is 0 Å². The molecular weight excluding hydrogens is 84.1 g/mol. The lowest BCUT2D eigenvalue weighted by molar-refractivity contribution is 0.415. The third-order valence-electron chi connectivity index (χ3n) is 0.655. The van der Waals surface area contributed by atoms with Crippen molar-refractivity contribution in [3.63, 3.8) is 0 Å². The van der Waals surface area contributed by atoms with Gasteiger partial charge in [-0.15, -0.1) is 0 Å². The molecule has 0 aromatic carbocycles. The Labute approximate surface area is 46.2 Å². The zero-order valence-corrected chi connectivity index (χ0v) is 5.41. The topological polar surface area (TPSA) is 0 Å². The highest BCUT2D eigenvalue weighted by Gasteiger charge is 2.05. The van der Waals surface area contributed by atoms with Crippen LogP contribution in [0.15, 0.2) is 6.58 Å². The minimum atomic E-state index is 0.377. The minimum absolute atomic E-state index is 0.377. The molecule has 0 aliphatic carbocycles. The average molecular weight is 97.2 g/mol. The van der Waals surface area contributed by atoms with Crippen LogP contribution in [0.3, 0.4) is 0 Å². The Morgan fingerprint density at radius 2 is 1.86 bits per heavy atom. The Morgan fingerprint density at radius 1 is 1.43 bits per heavy atom. The molecule has 41 valence electrons. The van der Waals surface area contributed by atoms with Gasteiger partial charge in [0, 0.05) is 0 Å². The predicted molar refractivity (Wildman–Crippen MR) is 32.9 cm³/mol. The Morgan fingerprint density at radius 3 is 1.86 bits per heavy atom. The molecule has 0 bridgehead atoms. The van der Waals surface area contributed by atoms with Crippen LogP contribution in [0.2, 0.25) is 0 Å². The van der Waals surface area contributed by atoms with Crippen molar-refractivity contribution < 1.29 is 0 Å². The standard InChI is InChI=1S/C7H13/c1-5-6-7(2,3)4/h1,6H2,2-4H3. The van der Waals surface area contributed by atoms with E-state index in [1.165, 1.54) is 0 Å². The summed E-state index contributed by atoms with van der Waals surface area (Å²) in [6.45, 7) is 10.0. The molecule has 0 fully saturated rings. The molecule has 0 heterocycles. The summed E-state index contributed by atoms with van der Waals surface area (Å²) in [6.07, 6.45) is 3.84. The largest absolute Gasteiger partial charge is 0.0956 e. The molecule has 0 aliphatic rings. The van der Waals surface area contributed by atoms with Crippen molar-refractivity contribution in [2.45, 2.75) is 27.2 Å². The van der Waals surface area contributed by atoms with Gasteiger partial charge in [0.05, 0.1) is 0 Å². The zero-order valence-electron chi connectivity index (χ0n) is 5.41. The molecule has 7 heavy (non-hydrogen) atoms. The van der Waals surface area contributed by atoms with E-state index in [1.807, 2.05) is 0 Å². The summed E-state index contributed by atoms with van der Waals surface area (Å²) in [5, 5.41) is 0. The van der Waals surface area contributed by atoms with Crippen molar-refractivity contribution in [2.24, 2.45) is 5.41 Å². The van der Waals surface area contributed by atoms with Gasteiger partial charge >= 0.3 is 0 Å². The van der Waals surface area contributed by atoms with Gasteiger partial charge in [-0.2, -0.15) is 0 Å². The van der Waals surface area contributed by atoms with Crippen LogP contribution in [-0.2, 0) is 0 Å². The molecule has 0 aromatic heterocycles. The van der Waals surface area contributed by atoms with Gasteiger partial charge in [0.2, 0.25) is 0 Å². The van der Waals surface area contributed by atoms with Crippen LogP contribution in [0, 0.1) is 11.5 Å². The molecular formula is C7H13. The van der Waals surface area contributed by atoms with Gasteiger partial charge in [0.15, 0.2) is 0 Å². The van der Waals surface area contributed by atoms with Gasteiger partial charge < -0.3 is 0 Å². The van der Waals surface area contributed by atoms with Crippen molar-refractivity contribution in [1.29, 1.82) is 0 Å². The van der Waals surface area contributed by atoms with Gasteiger partial charge in [0.1, 0.15) is 0 Å². The molecule has 0 atom stereocenters. The summed E-state index contributed by atoms with van der Waals surface area (Å²) in [5.74, 6) is 0. The summed E-state index contributed by atoms with van der Waals surface area (Å²) in [7, 11) is 0. The first kappa shape index (κ1) is 6.74. The number of rotatable bonds is 1. The maximum Gasteiger partial charge on any atom is -0.0233 e. The summed E-state index contributed by atoms with van der Waals surface area (Å²) >= 11 is 0. The van der Waals surface area contributed by atoms with Crippen molar-refractivity contribution in [1.82, 2.24) is 0 Å². The van der Waals surface area contributed by atoms with Crippen molar-refractivity contribution in [3.05, 3.63) is 12.7 Å². The SMILES string of the molecule is C=[C]CC(C)(C)C. The van der Waals surface area contributed by atoms with Crippen LogP contribution in [0.4, 0.5) is 0 Å². The lowest BCUT2D eigenvalue weighted by Crippen LogP contribution is -2.01. The molecule has 0 rings (SSSR count). The first-order valence-corrected chi connectivity index (χ1v) is 2.56. The summed E-state index contributed by atoms with van der Waals surface area (Å²) < 4.78 is 0. The fourth-order valence-electron chi connectivity index (χ4n) is 0.375. The molecule has 0 heteroatoms. The highest BCUT2D eigenvalue weighted by atomic mass is 14.1. The number of hydrogen-bond donors (Lipinski definition) is 0. The smallest absolute Gasteiger partial charge is 0.0233 e. The molecule has 0 saturated carbocycles. The van der Waals surface area contributed by atoms with E-state index in [2.05, 4.69) is 33.4 Å². The second kappa shape index (κ2) is 2.15. The third-order valence-corrected chi connectivity index (χ3v) is 0.655. The Kier molecular flexibility index (Phi) is 2.07. The van der Waals surface area contributed by atoms with Gasteiger partial charge in [-0.1, -0.05) is 33.4 Å². The quantitative estimate of drug-likeness (QED) is 0.471. The van der Waals surface area contributed by atoms with Gasteiger partial charge in [0.25, 0.3) is 0 Å². The highest BCUT2D eigenvalue weighted by Crippen LogP contribution is 2.17. The van der Waals surface area contributed by atoms with Gasteiger partial charge in [-0.05, 0) is 11.8 Å². The van der Waals surface area contributed by atoms with Crippen LogP contribution >= 0.6 is 0 Å². The minimum Gasteiger partial charge on any atom is -0.0956 e. The first-order valence-electron chi connectivity index (χ1n) is 2.56. The number of hydrogen-bond acceptors (Lipinski definition) is 0. The van der Waals surface area contributed by atoms with Crippen LogP contribution in [0.5, 0.6) is 0 Å². The molecule has 0 unspecified atom stereocenters. The molecule has 0 spiro atoms. The van der Waals surface area contributed by atoms with Crippen molar-refractivity contribution in [3.8, 4) is 0 Å². The Bertz CT molecular complexity index is 54.9. The molecule has 0 nitrogen and oxygen atoms in total. The second-order valence-corrected chi connectivity index (χ2v) is 2.99. The molecule has 1 radical (unpaired) electrons. The normalized spacial score (nSPS) is 11.3. The van der Waals surface area contributed by atoms with Crippen LogP contribution in [-0.4, -0.2) is 0 Å². The van der Waals surface area contributed by atoms with E-state index in [4.69, 9.17) is 0 Å². The summed E-state index contributed by atoms with van der Waals surface area (Å²) in [6, 6.07) is 0. The molecule has 0 amide bonds. The monoisotopic (exact) mass is 97.1 g/mol. The zero-order chi connectivity index (χ0) is 5.91. The highest BCUT2D eigenvalue weighted by molar-refractivity contribution is 4.68. The lowest BCUT2D eigenvalue weighted by Gasteiger charge is -2.13. The van der Waals surface area contributed by atoms with E-state index < -0.39 is 0 Å². The van der Waals surface area contributed by atoms with Crippen molar-refractivity contribution in [2.75, 3.05) is 0 Å². The van der Waals surface area contributed by atoms with Gasteiger partial charge in [-0.25, -0.2) is 0 Å². The van der Waals surface area contributed by atoms with E-state index in [0.717, 1.165) is 6.42 Å². The first-order chi connectivity index (χ1) is 3.06. The molecule has 0 saturated heterocycles.